The van der Waals surface area contributed by atoms with Crippen molar-refractivity contribution in [3.8, 4) is 0 Å². The first kappa shape index (κ1) is 14.2. The van der Waals surface area contributed by atoms with Crippen LogP contribution in [0, 0.1) is 0 Å². The number of hydrogen-bond donors (Lipinski definition) is 1. The first-order chi connectivity index (χ1) is 7.75. The van der Waals surface area contributed by atoms with Crippen LogP contribution in [0.1, 0.15) is 58.8 Å². The normalized spacial score (nSPS) is 30.6. The van der Waals surface area contributed by atoms with E-state index in [-0.39, 0.29) is 5.22 Å². The van der Waals surface area contributed by atoms with E-state index in [4.69, 9.17) is 4.84 Å². The topological polar surface area (TPSA) is 21.3 Å². The predicted octanol–water partition coefficient (Wildman–Crippen LogP) is 3.43. The van der Waals surface area contributed by atoms with Gasteiger partial charge in [0.25, 0.3) is 0 Å². The van der Waals surface area contributed by atoms with E-state index in [2.05, 4.69) is 25.9 Å². The van der Waals surface area contributed by atoms with Gasteiger partial charge in [0, 0.05) is 6.54 Å². The van der Waals surface area contributed by atoms with E-state index in [0.717, 1.165) is 13.0 Å². The van der Waals surface area contributed by atoms with Gasteiger partial charge >= 0.3 is 0 Å². The molecule has 0 bridgehead atoms. The lowest BCUT2D eigenvalue weighted by Crippen LogP contribution is -2.51. The van der Waals surface area contributed by atoms with Crippen LogP contribution in [-0.2, 0) is 4.84 Å². The van der Waals surface area contributed by atoms with Crippen LogP contribution in [0.25, 0.3) is 0 Å². The van der Waals surface area contributed by atoms with Crippen molar-refractivity contribution >= 4 is 8.80 Å². The van der Waals surface area contributed by atoms with Gasteiger partial charge in [0.15, 0.2) is 0 Å². The third kappa shape index (κ3) is 3.86. The van der Waals surface area contributed by atoms with Crippen LogP contribution >= 0.6 is 0 Å². The molecule has 1 aliphatic rings. The monoisotopic (exact) mass is 243 g/mol. The molecule has 1 rings (SSSR count). The van der Waals surface area contributed by atoms with Crippen LogP contribution in [0.5, 0.6) is 0 Å². The maximum absolute atomic E-state index is 6.14. The molecule has 2 atom stereocenters. The zero-order valence-electron chi connectivity index (χ0n) is 11.3. The number of nitrogens with one attached hydrogen (secondary N) is 1. The molecule has 0 aromatic rings. The molecule has 2 nitrogen and oxygen atoms in total. The summed E-state index contributed by atoms with van der Waals surface area (Å²) in [6.07, 6.45) is 9.17. The summed E-state index contributed by atoms with van der Waals surface area (Å²) in [5.74, 6) is 0. The molecule has 1 fully saturated rings. The minimum Gasteiger partial charge on any atom is -0.299 e. The minimum absolute atomic E-state index is 0.267. The second kappa shape index (κ2) is 7.46. The molecule has 2 unspecified atom stereocenters. The van der Waals surface area contributed by atoms with Gasteiger partial charge in [0.2, 0.25) is 0 Å². The largest absolute Gasteiger partial charge is 0.299 e. The molecule has 1 saturated heterocycles. The van der Waals surface area contributed by atoms with Gasteiger partial charge in [-0.05, 0) is 19.3 Å². The van der Waals surface area contributed by atoms with Crippen molar-refractivity contribution < 1.29 is 4.84 Å². The van der Waals surface area contributed by atoms with Crippen molar-refractivity contribution in [2.24, 2.45) is 0 Å². The Morgan fingerprint density at radius 3 is 2.69 bits per heavy atom. The van der Waals surface area contributed by atoms with Crippen molar-refractivity contribution in [2.45, 2.75) is 76.6 Å². The molecule has 3 heteroatoms. The van der Waals surface area contributed by atoms with E-state index >= 15 is 0 Å². The molecule has 0 spiro atoms. The molecule has 0 amide bonds. The van der Waals surface area contributed by atoms with Gasteiger partial charge in [-0.1, -0.05) is 52.1 Å². The molecule has 0 aromatic carbocycles. The van der Waals surface area contributed by atoms with Crippen LogP contribution in [0.4, 0.5) is 0 Å². The van der Waals surface area contributed by atoms with Crippen LogP contribution < -0.4 is 5.48 Å². The molecule has 0 saturated carbocycles. The average Bonchev–Trinajstić information content (AvgIpc) is 2.30. The lowest BCUT2D eigenvalue weighted by molar-refractivity contribution is -0.0720. The molecule has 0 radical (unpaired) electrons. The van der Waals surface area contributed by atoms with Gasteiger partial charge in [0.1, 0.15) is 0 Å². The molecular weight excluding hydrogens is 214 g/mol. The number of rotatable bonds is 7. The van der Waals surface area contributed by atoms with Gasteiger partial charge in [-0.15, -0.1) is 0 Å². The molecule has 96 valence electrons. The van der Waals surface area contributed by atoms with Gasteiger partial charge in [-0.2, -0.15) is 0 Å². The Balaban J connectivity index is 2.51. The Hall–Kier alpha value is 0.137. The molecule has 1 aliphatic heterocycles. The summed E-state index contributed by atoms with van der Waals surface area (Å²) < 4.78 is 0. The van der Waals surface area contributed by atoms with Crippen LogP contribution in [0.3, 0.4) is 0 Å². The summed E-state index contributed by atoms with van der Waals surface area (Å²) in [6.45, 7) is 7.97. The fraction of sp³-hybridized carbons (Fsp3) is 1.00. The molecule has 0 aliphatic carbocycles. The number of hydrogen-bond acceptors (Lipinski definition) is 2. The third-order valence-electron chi connectivity index (χ3n) is 3.97. The quantitative estimate of drug-likeness (QED) is 0.420. The lowest BCUT2D eigenvalue weighted by Gasteiger charge is -2.41. The number of hydroxylamine groups is 1. The van der Waals surface area contributed by atoms with E-state index in [9.17, 15) is 0 Å². The fourth-order valence-electron chi connectivity index (χ4n) is 2.73. The Kier molecular flexibility index (Phi) is 6.62. The third-order valence-corrected chi connectivity index (χ3v) is 7.73. The predicted molar refractivity (Wildman–Crippen MR) is 73.3 cm³/mol. The highest BCUT2D eigenvalue weighted by Crippen LogP contribution is 2.35. The fourth-order valence-corrected chi connectivity index (χ4v) is 5.84. The zero-order valence-corrected chi connectivity index (χ0v) is 12.5. The van der Waals surface area contributed by atoms with Crippen molar-refractivity contribution in [3.63, 3.8) is 0 Å². The van der Waals surface area contributed by atoms with Gasteiger partial charge in [0.05, 0.1) is 14.0 Å². The van der Waals surface area contributed by atoms with Crippen LogP contribution in [0.15, 0.2) is 0 Å². The summed E-state index contributed by atoms with van der Waals surface area (Å²) in [5.41, 5.74) is 3.22. The molecule has 1 heterocycles. The Labute approximate surface area is 103 Å². The van der Waals surface area contributed by atoms with Gasteiger partial charge in [-0.25, -0.2) is 5.48 Å². The average molecular weight is 243 g/mol. The molecule has 0 aromatic heterocycles. The molecule has 1 N–H and O–H groups in total. The minimum atomic E-state index is -0.704. The molecule has 16 heavy (non-hydrogen) atoms. The van der Waals surface area contributed by atoms with E-state index in [0.29, 0.717) is 0 Å². The highest BCUT2D eigenvalue weighted by atomic mass is 28.3. The maximum Gasteiger partial charge on any atom is 0.0761 e. The summed E-state index contributed by atoms with van der Waals surface area (Å²) in [6, 6.07) is 1.47. The first-order valence-electron chi connectivity index (χ1n) is 7.16. The zero-order chi connectivity index (χ0) is 11.9. The highest BCUT2D eigenvalue weighted by molar-refractivity contribution is 6.60. The smallest absolute Gasteiger partial charge is 0.0761 e. The number of unbranched alkanes of at least 4 members (excludes halogenated alkanes) is 1. The van der Waals surface area contributed by atoms with Crippen molar-refractivity contribution in [1.82, 2.24) is 5.48 Å². The summed E-state index contributed by atoms with van der Waals surface area (Å²) in [5, 5.41) is 0.267. The van der Waals surface area contributed by atoms with Gasteiger partial charge < -0.3 is 0 Å². The van der Waals surface area contributed by atoms with Crippen LogP contribution in [0.2, 0.25) is 12.6 Å². The maximum atomic E-state index is 6.14. The van der Waals surface area contributed by atoms with E-state index < -0.39 is 8.80 Å². The standard InChI is InChI=1S/C13H29NOSi/c1-4-6-9-13(15-14-11-5-2)10-7-8-12-16(13)3/h14,16H,4-12H2,1-3H3. The molecular formula is C13H29NOSi. The van der Waals surface area contributed by atoms with E-state index in [1.165, 1.54) is 44.6 Å². The van der Waals surface area contributed by atoms with Crippen molar-refractivity contribution in [1.29, 1.82) is 0 Å². The SMILES string of the molecule is CCCCC1(ONCCC)CCCC[SiH]1C. The van der Waals surface area contributed by atoms with E-state index in [1.54, 1.807) is 0 Å². The van der Waals surface area contributed by atoms with Gasteiger partial charge in [-0.3, -0.25) is 4.84 Å². The first-order valence-corrected chi connectivity index (χ1v) is 9.71. The highest BCUT2D eigenvalue weighted by Gasteiger charge is 2.39. The Morgan fingerprint density at radius 2 is 2.06 bits per heavy atom. The Bertz CT molecular complexity index is 189. The summed E-state index contributed by atoms with van der Waals surface area (Å²) >= 11 is 0. The summed E-state index contributed by atoms with van der Waals surface area (Å²) in [7, 11) is -0.704. The van der Waals surface area contributed by atoms with Crippen molar-refractivity contribution in [2.75, 3.05) is 6.54 Å². The lowest BCUT2D eigenvalue weighted by atomic mass is 10.0. The van der Waals surface area contributed by atoms with Crippen molar-refractivity contribution in [3.05, 3.63) is 0 Å². The second-order valence-corrected chi connectivity index (χ2v) is 8.74. The second-order valence-electron chi connectivity index (χ2n) is 5.31. The summed E-state index contributed by atoms with van der Waals surface area (Å²) in [4.78, 5) is 6.14. The Morgan fingerprint density at radius 1 is 1.25 bits per heavy atom. The van der Waals surface area contributed by atoms with E-state index in [1.807, 2.05) is 0 Å². The van der Waals surface area contributed by atoms with Crippen LogP contribution in [-0.4, -0.2) is 20.6 Å².